The molecule has 0 saturated carbocycles. The summed E-state index contributed by atoms with van der Waals surface area (Å²) in [5, 5.41) is 9.66. The molecule has 0 aromatic carbocycles. The Kier molecular flexibility index (Phi) is 4.03. The summed E-state index contributed by atoms with van der Waals surface area (Å²) in [5.74, 6) is -1.39. The zero-order chi connectivity index (χ0) is 18.5. The second kappa shape index (κ2) is 6.13. The number of imidazole rings is 1. The van der Waals surface area contributed by atoms with E-state index in [-0.39, 0.29) is 18.8 Å². The van der Waals surface area contributed by atoms with E-state index in [0.717, 1.165) is 0 Å². The van der Waals surface area contributed by atoms with Gasteiger partial charge in [-0.1, -0.05) is 0 Å². The predicted octanol–water partition coefficient (Wildman–Crippen LogP) is -0.638. The number of hydrogen-bond donors (Lipinski definition) is 2. The van der Waals surface area contributed by atoms with Crippen molar-refractivity contribution in [2.24, 2.45) is 0 Å². The van der Waals surface area contributed by atoms with Gasteiger partial charge < -0.3 is 29.8 Å². The number of nitrogens with zero attached hydrogens (tertiary/aromatic N) is 4. The van der Waals surface area contributed by atoms with Gasteiger partial charge in [0.15, 0.2) is 23.5 Å². The number of nitrogens with two attached hydrogens (primary N) is 1. The van der Waals surface area contributed by atoms with Gasteiger partial charge in [0.25, 0.3) is 0 Å². The van der Waals surface area contributed by atoms with Crippen molar-refractivity contribution >= 4 is 23.0 Å². The SMILES string of the molecule is COC(=O)CC1(C)O[C@@H]2[C@H](O1)[C@@H](CO)O[C@H]2n1cnc2c(N)ncnc21. The van der Waals surface area contributed by atoms with Crippen LogP contribution in [0.5, 0.6) is 0 Å². The maximum atomic E-state index is 11.7. The minimum Gasteiger partial charge on any atom is -0.469 e. The largest absolute Gasteiger partial charge is 0.469 e. The van der Waals surface area contributed by atoms with Crippen LogP contribution in [0, 0.1) is 0 Å². The van der Waals surface area contributed by atoms with E-state index in [4.69, 9.17) is 24.7 Å². The monoisotopic (exact) mass is 365 g/mol. The molecule has 4 rings (SSSR count). The van der Waals surface area contributed by atoms with Gasteiger partial charge in [-0.2, -0.15) is 0 Å². The summed E-state index contributed by atoms with van der Waals surface area (Å²) >= 11 is 0. The van der Waals surface area contributed by atoms with Gasteiger partial charge >= 0.3 is 5.97 Å². The van der Waals surface area contributed by atoms with E-state index in [2.05, 4.69) is 15.0 Å². The summed E-state index contributed by atoms with van der Waals surface area (Å²) in [4.78, 5) is 24.0. The summed E-state index contributed by atoms with van der Waals surface area (Å²) in [5.41, 5.74) is 6.74. The van der Waals surface area contributed by atoms with Crippen molar-refractivity contribution in [3.05, 3.63) is 12.7 Å². The summed E-state index contributed by atoms with van der Waals surface area (Å²) in [6.45, 7) is 1.39. The molecule has 4 heterocycles. The number of aromatic nitrogens is 4. The Morgan fingerprint density at radius 3 is 2.88 bits per heavy atom. The van der Waals surface area contributed by atoms with E-state index >= 15 is 0 Å². The van der Waals surface area contributed by atoms with Gasteiger partial charge in [0.2, 0.25) is 0 Å². The van der Waals surface area contributed by atoms with Crippen LogP contribution in [-0.4, -0.2) is 68.4 Å². The summed E-state index contributed by atoms with van der Waals surface area (Å²) in [6, 6.07) is 0. The maximum Gasteiger partial charge on any atom is 0.310 e. The number of hydrogen-bond acceptors (Lipinski definition) is 10. The molecular formula is C15H19N5O6. The quantitative estimate of drug-likeness (QED) is 0.671. The average molecular weight is 365 g/mol. The average Bonchev–Trinajstić information content (AvgIpc) is 3.26. The second-order valence-corrected chi connectivity index (χ2v) is 6.38. The van der Waals surface area contributed by atoms with Gasteiger partial charge in [0.1, 0.15) is 30.2 Å². The number of aliphatic hydroxyl groups is 1. The lowest BCUT2D eigenvalue weighted by Gasteiger charge is -2.26. The summed E-state index contributed by atoms with van der Waals surface area (Å²) in [7, 11) is 1.30. The van der Waals surface area contributed by atoms with Gasteiger partial charge in [-0.3, -0.25) is 9.36 Å². The lowest BCUT2D eigenvalue weighted by atomic mass is 10.1. The molecule has 2 fully saturated rings. The third kappa shape index (κ3) is 2.60. The van der Waals surface area contributed by atoms with Crippen LogP contribution in [0.2, 0.25) is 0 Å². The highest BCUT2D eigenvalue weighted by Gasteiger charge is 2.58. The number of rotatable bonds is 4. The van der Waals surface area contributed by atoms with Gasteiger partial charge in [-0.25, -0.2) is 15.0 Å². The minimum atomic E-state index is -1.18. The Hall–Kier alpha value is -2.34. The van der Waals surface area contributed by atoms with Crippen LogP contribution in [0.1, 0.15) is 19.6 Å². The first kappa shape index (κ1) is 17.1. The smallest absolute Gasteiger partial charge is 0.310 e. The molecule has 0 bridgehead atoms. The molecule has 1 unspecified atom stereocenters. The van der Waals surface area contributed by atoms with E-state index in [1.54, 1.807) is 11.5 Å². The Labute approximate surface area is 148 Å². The highest BCUT2D eigenvalue weighted by Crippen LogP contribution is 2.45. The number of ether oxygens (including phenoxy) is 4. The number of aliphatic hydroxyl groups excluding tert-OH is 1. The molecule has 0 radical (unpaired) electrons. The molecule has 140 valence electrons. The number of anilines is 1. The molecule has 3 N–H and O–H groups in total. The molecule has 0 amide bonds. The molecule has 0 aliphatic carbocycles. The van der Waals surface area contributed by atoms with Crippen molar-refractivity contribution in [1.82, 2.24) is 19.5 Å². The topological polar surface area (TPSA) is 144 Å². The van der Waals surface area contributed by atoms with E-state index < -0.39 is 36.3 Å². The lowest BCUT2D eigenvalue weighted by Crippen LogP contribution is -2.35. The molecule has 2 aromatic heterocycles. The van der Waals surface area contributed by atoms with Gasteiger partial charge in [0.05, 0.1) is 26.5 Å². The second-order valence-electron chi connectivity index (χ2n) is 6.38. The Balaban J connectivity index is 1.67. The number of carbonyl (C=O) groups is 1. The number of nitrogen functional groups attached to an aromatic ring is 1. The van der Waals surface area contributed by atoms with Gasteiger partial charge in [-0.15, -0.1) is 0 Å². The van der Waals surface area contributed by atoms with Crippen LogP contribution >= 0.6 is 0 Å². The van der Waals surface area contributed by atoms with Crippen molar-refractivity contribution in [2.45, 2.75) is 43.7 Å². The van der Waals surface area contributed by atoms with Crippen molar-refractivity contribution in [1.29, 1.82) is 0 Å². The molecule has 2 saturated heterocycles. The normalized spacial score (nSPS) is 33.5. The molecule has 2 aliphatic heterocycles. The fourth-order valence-corrected chi connectivity index (χ4v) is 3.42. The zero-order valence-electron chi connectivity index (χ0n) is 14.2. The fraction of sp³-hybridized carbons (Fsp3) is 0.600. The standard InChI is InChI=1S/C15H19N5O6/c1-15(3-8(22)23-2)25-10-7(4-21)24-14(11(10)26-15)20-6-19-9-12(16)17-5-18-13(9)20/h5-7,10-11,14,21H,3-4H2,1-2H3,(H2,16,17,18)/t7-,10-,11-,14-,15?/m1/s1. The summed E-state index contributed by atoms with van der Waals surface area (Å²) in [6.07, 6.45) is 0.361. The highest BCUT2D eigenvalue weighted by molar-refractivity contribution is 5.81. The first-order valence-corrected chi connectivity index (χ1v) is 8.07. The Morgan fingerprint density at radius 1 is 1.38 bits per heavy atom. The van der Waals surface area contributed by atoms with Crippen molar-refractivity contribution < 1.29 is 28.8 Å². The van der Waals surface area contributed by atoms with Crippen LogP contribution in [0.4, 0.5) is 5.82 Å². The van der Waals surface area contributed by atoms with Crippen LogP contribution < -0.4 is 5.73 Å². The van der Waals surface area contributed by atoms with Gasteiger partial charge in [-0.05, 0) is 6.92 Å². The third-order valence-electron chi connectivity index (χ3n) is 4.59. The Bertz CT molecular complexity index is 843. The van der Waals surface area contributed by atoms with E-state index in [0.29, 0.717) is 11.2 Å². The summed E-state index contributed by atoms with van der Waals surface area (Å²) < 4.78 is 24.2. The van der Waals surface area contributed by atoms with Crippen LogP contribution in [0.3, 0.4) is 0 Å². The van der Waals surface area contributed by atoms with E-state index in [1.807, 2.05) is 0 Å². The highest BCUT2D eigenvalue weighted by atomic mass is 16.8. The predicted molar refractivity (Wildman–Crippen MR) is 85.5 cm³/mol. The van der Waals surface area contributed by atoms with E-state index in [9.17, 15) is 9.90 Å². The first-order valence-electron chi connectivity index (χ1n) is 8.07. The number of carbonyl (C=O) groups excluding carboxylic acids is 1. The molecule has 26 heavy (non-hydrogen) atoms. The van der Waals surface area contributed by atoms with Crippen LogP contribution in [0.25, 0.3) is 11.2 Å². The third-order valence-corrected chi connectivity index (χ3v) is 4.59. The maximum absolute atomic E-state index is 11.7. The number of fused-ring (bicyclic) bond motifs is 2. The number of methoxy groups -OCH3 is 1. The minimum absolute atomic E-state index is 0.0822. The molecular weight excluding hydrogens is 346 g/mol. The van der Waals surface area contributed by atoms with Crippen LogP contribution in [0.15, 0.2) is 12.7 Å². The van der Waals surface area contributed by atoms with E-state index in [1.165, 1.54) is 19.8 Å². The first-order chi connectivity index (χ1) is 12.5. The molecule has 2 aromatic rings. The van der Waals surface area contributed by atoms with Crippen molar-refractivity contribution in [2.75, 3.05) is 19.5 Å². The van der Waals surface area contributed by atoms with Crippen LogP contribution in [-0.2, 0) is 23.7 Å². The molecule has 2 aliphatic rings. The fourth-order valence-electron chi connectivity index (χ4n) is 3.42. The van der Waals surface area contributed by atoms with Crippen molar-refractivity contribution in [3.8, 4) is 0 Å². The lowest BCUT2D eigenvalue weighted by molar-refractivity contribution is -0.216. The molecule has 0 spiro atoms. The Morgan fingerprint density at radius 2 is 2.15 bits per heavy atom. The molecule has 11 heteroatoms. The molecule has 11 nitrogen and oxygen atoms in total. The zero-order valence-corrected chi connectivity index (χ0v) is 14.2. The molecule has 5 atom stereocenters. The van der Waals surface area contributed by atoms with Gasteiger partial charge in [0, 0.05) is 0 Å². The number of esters is 1. The van der Waals surface area contributed by atoms with Crippen molar-refractivity contribution in [3.63, 3.8) is 0 Å².